The number of nitrogens with two attached hydrogens (primary N) is 3. The zero-order chi connectivity index (χ0) is 83.0. The molecule has 37 heteroatoms. The van der Waals surface area contributed by atoms with Crippen LogP contribution in [-0.2, 0) is 94.5 Å². The molecular weight excluding hydrogens is 1520 g/mol. The number of amides is 11. The van der Waals surface area contributed by atoms with E-state index in [0.717, 1.165) is 5.56 Å². The first-order chi connectivity index (χ1) is 55.0. The highest BCUT2D eigenvalue weighted by Crippen LogP contribution is 2.28. The highest BCUT2D eigenvalue weighted by Gasteiger charge is 2.43. The fourth-order valence-corrected chi connectivity index (χ4v) is 14.8. The maximum Gasteiger partial charge on any atom is 0.327 e. The van der Waals surface area contributed by atoms with Crippen LogP contribution in [0.3, 0.4) is 0 Å². The number of carbonyl (C=O) groups excluding carboxylic acids is 11. The standard InChI is InChI=1S/C77H123N17O18S2/c1-4-6-16-59(87-66(96)21-20-65(95)84-25-12-35-110-37-39-112-40-38-111-36-13-26-85-67(97)48-91-31-33-92(34-32-91)74(105)57(45-81-27-23-78)46-82-28-24-79)71(102)86-47-58(75(106)94-30-11-18-64(94)76(107)93-29-10-17-63(93)69(80)100)51-113-49-55-41-56(44-83-43-55)50-114-52-62(77(108)109)90-73(104)61(42-54-14-8-7-9-15-54)89-72(103)60(19-22-68(98)99)88-70(101)53(3)5-2/h7-9,14-15,41,43-44,47,53,57-64,81-82H,4-6,10-13,16-40,42,45-46,48-52,78-79H2,1-3H3,(H2,80,100)(H,84,95)(H,85,97)(H,87,96)(H,88,101)(H,89,103)(H,90,104)(H,98,99)(H,108,109)/t53-,58?,59-,60-,61-,62?,63-,64-/m0/s1. The van der Waals surface area contributed by atoms with Crippen molar-refractivity contribution in [1.82, 2.24) is 67.1 Å². The van der Waals surface area contributed by atoms with E-state index < -0.39 is 114 Å². The van der Waals surface area contributed by atoms with Gasteiger partial charge in [-0.1, -0.05) is 70.0 Å². The number of aliphatic carboxylic acids is 2. The first kappa shape index (κ1) is 96.3. The number of carbonyl (C=O) groups is 13. The molecule has 1 aromatic carbocycles. The number of aliphatic imine (C=N–C) groups is 1. The van der Waals surface area contributed by atoms with Gasteiger partial charge >= 0.3 is 11.9 Å². The van der Waals surface area contributed by atoms with Gasteiger partial charge in [0.05, 0.1) is 44.8 Å². The van der Waals surface area contributed by atoms with E-state index in [2.05, 4.69) is 52.5 Å². The molecular formula is C77H123N17O18S2. The minimum absolute atomic E-state index is 0.0598. The van der Waals surface area contributed by atoms with Crippen molar-refractivity contribution in [2.45, 2.75) is 165 Å². The number of pyridine rings is 1. The van der Waals surface area contributed by atoms with Crippen molar-refractivity contribution in [1.29, 1.82) is 0 Å². The molecule has 3 saturated heterocycles. The monoisotopic (exact) mass is 1640 g/mol. The summed E-state index contributed by atoms with van der Waals surface area (Å²) in [4.78, 5) is 188. The predicted molar refractivity (Wildman–Crippen MR) is 431 cm³/mol. The smallest absolute Gasteiger partial charge is 0.327 e. The lowest BCUT2D eigenvalue weighted by Gasteiger charge is -2.36. The number of piperazine rings is 1. The molecule has 2 aromatic rings. The fourth-order valence-electron chi connectivity index (χ4n) is 12.8. The van der Waals surface area contributed by atoms with Gasteiger partial charge in [0.25, 0.3) is 5.91 Å². The summed E-state index contributed by atoms with van der Waals surface area (Å²) in [6.07, 6.45) is 8.16. The normalized spacial score (nSPS) is 16.7. The Kier molecular flexibility index (Phi) is 46.7. The third kappa shape index (κ3) is 36.7. The summed E-state index contributed by atoms with van der Waals surface area (Å²) in [6, 6.07) is 3.68. The molecule has 1 aromatic heterocycles. The fraction of sp³-hybridized carbons (Fsp3) is 0.675. The number of aromatic nitrogens is 1. The van der Waals surface area contributed by atoms with E-state index in [1.54, 1.807) is 56.6 Å². The van der Waals surface area contributed by atoms with Crippen LogP contribution < -0.4 is 59.7 Å². The molecule has 2 unspecified atom stereocenters. The van der Waals surface area contributed by atoms with Crippen molar-refractivity contribution in [2.75, 3.05) is 149 Å². The third-order valence-corrected chi connectivity index (χ3v) is 21.7. The van der Waals surface area contributed by atoms with Crippen molar-refractivity contribution < 1.29 is 86.8 Å². The number of likely N-dealkylation sites (tertiary alicyclic amines) is 2. The number of primary amides is 1. The zero-order valence-electron chi connectivity index (χ0n) is 66.3. The lowest BCUT2D eigenvalue weighted by Crippen LogP contribution is -2.57. The second kappa shape index (κ2) is 55.3. The SMILES string of the molecule is CCCC[C@H](NC(=O)CCC(=O)NCCCOCCOCCOCCCNC(=O)CN1CCN(C(=O)C(CNCCN)CNCCN)CC1)C(=O)N=CC(CSCc1cncc(CSCC(NC(=O)[C@H](Cc2ccccc2)NC(=O)[C@H](CCC(=O)O)NC(=O)[C@@H](C)CC)C(=O)O)c1)C(=O)N1CCC[C@H]1C(=O)N1CCC[C@H]1C(N)=O. The van der Waals surface area contributed by atoms with Crippen molar-refractivity contribution in [3.8, 4) is 0 Å². The summed E-state index contributed by atoms with van der Waals surface area (Å²) in [5.74, 6) is -9.07. The molecule has 8 atom stereocenters. The summed E-state index contributed by atoms with van der Waals surface area (Å²) in [5, 5.41) is 42.4. The van der Waals surface area contributed by atoms with Crippen LogP contribution >= 0.6 is 23.5 Å². The van der Waals surface area contributed by atoms with Gasteiger partial charge in [-0.2, -0.15) is 23.5 Å². The van der Waals surface area contributed by atoms with Gasteiger partial charge in [-0.3, -0.25) is 67.4 Å². The van der Waals surface area contributed by atoms with Gasteiger partial charge in [-0.15, -0.1) is 0 Å². The quantitative estimate of drug-likeness (QED) is 0.0288. The van der Waals surface area contributed by atoms with Gasteiger partial charge in [0, 0.05) is 178 Å². The maximum absolute atomic E-state index is 14.7. The summed E-state index contributed by atoms with van der Waals surface area (Å²) >= 11 is 2.52. The number of unbranched alkanes of at least 4 members (excludes halogenated alkanes) is 1. The average molecular weight is 1640 g/mol. The first-order valence-corrected chi connectivity index (χ1v) is 42.1. The molecule has 35 nitrogen and oxygen atoms in total. The molecule has 16 N–H and O–H groups in total. The molecule has 11 amide bonds. The molecule has 0 saturated carbocycles. The van der Waals surface area contributed by atoms with Gasteiger partial charge in [0.15, 0.2) is 0 Å². The van der Waals surface area contributed by atoms with Crippen LogP contribution in [0.4, 0.5) is 0 Å². The predicted octanol–water partition coefficient (Wildman–Crippen LogP) is -0.704. The Morgan fingerprint density at radius 2 is 1.18 bits per heavy atom. The summed E-state index contributed by atoms with van der Waals surface area (Å²) in [5.41, 5.74) is 19.0. The van der Waals surface area contributed by atoms with Gasteiger partial charge in [0.1, 0.15) is 36.3 Å². The number of carboxylic acid groups (broad SMARTS) is 2. The van der Waals surface area contributed by atoms with E-state index in [1.807, 2.05) is 22.8 Å². The molecule has 0 spiro atoms. The number of ether oxygens (including phenoxy) is 3. The van der Waals surface area contributed by atoms with Gasteiger partial charge < -0.3 is 98.9 Å². The van der Waals surface area contributed by atoms with Gasteiger partial charge in [0.2, 0.25) is 59.1 Å². The van der Waals surface area contributed by atoms with E-state index in [-0.39, 0.29) is 86.1 Å². The Morgan fingerprint density at radius 1 is 0.605 bits per heavy atom. The largest absolute Gasteiger partial charge is 0.481 e. The Balaban J connectivity index is 1.05. The van der Waals surface area contributed by atoms with Gasteiger partial charge in [-0.25, -0.2) is 9.79 Å². The van der Waals surface area contributed by atoms with Crippen molar-refractivity contribution in [3.05, 3.63) is 65.5 Å². The van der Waals surface area contributed by atoms with Crippen molar-refractivity contribution in [2.24, 2.45) is 39.9 Å². The number of hydrogen-bond acceptors (Lipinski definition) is 24. The highest BCUT2D eigenvalue weighted by molar-refractivity contribution is 7.98. The van der Waals surface area contributed by atoms with E-state index in [4.69, 9.17) is 31.4 Å². The molecule has 0 bridgehead atoms. The Labute approximate surface area is 676 Å². The van der Waals surface area contributed by atoms with E-state index in [0.29, 0.717) is 199 Å². The van der Waals surface area contributed by atoms with Crippen molar-refractivity contribution >= 4 is 107 Å². The maximum atomic E-state index is 14.7. The van der Waals surface area contributed by atoms with Crippen LogP contribution in [0.2, 0.25) is 0 Å². The molecule has 3 aliphatic heterocycles. The topological polar surface area (TPSA) is 503 Å². The number of carboxylic acids is 2. The minimum Gasteiger partial charge on any atom is -0.481 e. The molecule has 0 radical (unpaired) electrons. The lowest BCUT2D eigenvalue weighted by atomic mass is 10.0. The number of hydrogen-bond donors (Lipinski definition) is 13. The number of rotatable bonds is 58. The second-order valence-corrected chi connectivity index (χ2v) is 30.5. The first-order valence-electron chi connectivity index (χ1n) is 39.8. The minimum atomic E-state index is -1.43. The Hall–Kier alpha value is -8.27. The summed E-state index contributed by atoms with van der Waals surface area (Å²) < 4.78 is 16.9. The number of nitrogens with one attached hydrogen (secondary N) is 8. The van der Waals surface area contributed by atoms with Gasteiger partial charge in [-0.05, 0) is 74.5 Å². The molecule has 3 aliphatic rings. The highest BCUT2D eigenvalue weighted by atomic mass is 32.2. The second-order valence-electron chi connectivity index (χ2n) is 28.5. The molecule has 4 heterocycles. The molecule has 5 rings (SSSR count). The Bertz CT molecular complexity index is 3370. The Morgan fingerprint density at radius 3 is 1.77 bits per heavy atom. The molecule has 114 heavy (non-hydrogen) atoms. The number of benzene rings is 1. The van der Waals surface area contributed by atoms with E-state index in [9.17, 15) is 72.5 Å². The molecule has 3 fully saturated rings. The average Bonchev–Trinajstić information content (AvgIpc) is 1.65. The van der Waals surface area contributed by atoms with E-state index in [1.165, 1.54) is 39.5 Å². The van der Waals surface area contributed by atoms with E-state index >= 15 is 0 Å². The van der Waals surface area contributed by atoms with Crippen LogP contribution in [0, 0.1) is 17.8 Å². The number of nitrogens with zero attached hydrogens (tertiary/aromatic N) is 6. The van der Waals surface area contributed by atoms with Crippen LogP contribution in [0.25, 0.3) is 0 Å². The third-order valence-electron chi connectivity index (χ3n) is 19.4. The summed E-state index contributed by atoms with van der Waals surface area (Å²) in [7, 11) is 0. The van der Waals surface area contributed by atoms with Crippen LogP contribution in [-0.4, -0.2) is 303 Å². The molecule has 0 aliphatic carbocycles. The van der Waals surface area contributed by atoms with Crippen molar-refractivity contribution in [3.63, 3.8) is 0 Å². The lowest BCUT2D eigenvalue weighted by molar-refractivity contribution is -0.146. The van der Waals surface area contributed by atoms with Crippen LogP contribution in [0.15, 0.2) is 53.8 Å². The van der Waals surface area contributed by atoms with Crippen LogP contribution in [0.5, 0.6) is 0 Å². The van der Waals surface area contributed by atoms with Crippen LogP contribution in [0.1, 0.15) is 127 Å². The zero-order valence-corrected chi connectivity index (χ0v) is 68.0. The number of thioether (sulfide) groups is 2. The molecule has 636 valence electrons. The summed E-state index contributed by atoms with van der Waals surface area (Å²) in [6.45, 7) is 14.7.